The molecule has 0 spiro atoms. The van der Waals surface area contributed by atoms with Crippen LogP contribution in [0.4, 0.5) is 0 Å². The van der Waals surface area contributed by atoms with Gasteiger partial charge in [0.05, 0.1) is 0 Å². The van der Waals surface area contributed by atoms with Crippen molar-refractivity contribution in [2.75, 3.05) is 13.2 Å². The van der Waals surface area contributed by atoms with E-state index >= 15 is 0 Å². The molecule has 0 aromatic rings. The van der Waals surface area contributed by atoms with Crippen molar-refractivity contribution in [1.82, 2.24) is 5.32 Å². The van der Waals surface area contributed by atoms with Gasteiger partial charge in [-0.25, -0.2) is 0 Å². The highest BCUT2D eigenvalue weighted by atomic mass is 16.3. The van der Waals surface area contributed by atoms with E-state index < -0.39 is 0 Å². The van der Waals surface area contributed by atoms with E-state index in [9.17, 15) is 0 Å². The quantitative estimate of drug-likeness (QED) is 0.736. The summed E-state index contributed by atoms with van der Waals surface area (Å²) in [6, 6.07) is 0.761. The van der Waals surface area contributed by atoms with Crippen LogP contribution in [0.15, 0.2) is 0 Å². The van der Waals surface area contributed by atoms with E-state index in [0.717, 1.165) is 30.8 Å². The van der Waals surface area contributed by atoms with Crippen molar-refractivity contribution in [2.45, 2.75) is 77.2 Å². The lowest BCUT2D eigenvalue weighted by Gasteiger charge is -2.40. The monoisotopic (exact) mass is 267 g/mol. The Labute approximate surface area is 119 Å². The highest BCUT2D eigenvalue weighted by Crippen LogP contribution is 2.40. The van der Waals surface area contributed by atoms with Crippen molar-refractivity contribution < 1.29 is 5.11 Å². The zero-order chi connectivity index (χ0) is 13.5. The molecule has 2 saturated carbocycles. The molecule has 0 saturated heterocycles. The first-order valence-electron chi connectivity index (χ1n) is 8.67. The number of hydrogen-bond donors (Lipinski definition) is 2. The van der Waals surface area contributed by atoms with Crippen LogP contribution in [-0.2, 0) is 0 Å². The van der Waals surface area contributed by atoms with E-state index in [4.69, 9.17) is 5.11 Å². The highest BCUT2D eigenvalue weighted by molar-refractivity contribution is 4.86. The summed E-state index contributed by atoms with van der Waals surface area (Å²) in [5.41, 5.74) is 0. The largest absolute Gasteiger partial charge is 0.396 e. The summed E-state index contributed by atoms with van der Waals surface area (Å²) in [4.78, 5) is 0. The summed E-state index contributed by atoms with van der Waals surface area (Å²) in [6.07, 6.45) is 13.7. The summed E-state index contributed by atoms with van der Waals surface area (Å²) in [7, 11) is 0. The van der Waals surface area contributed by atoms with E-state index in [0.29, 0.717) is 12.5 Å². The topological polar surface area (TPSA) is 32.3 Å². The van der Waals surface area contributed by atoms with Gasteiger partial charge in [-0.05, 0) is 56.4 Å². The highest BCUT2D eigenvalue weighted by Gasteiger charge is 2.31. The molecular formula is C17H33NO. The maximum Gasteiger partial charge on any atom is 0.0434 e. The minimum Gasteiger partial charge on any atom is -0.396 e. The third kappa shape index (κ3) is 4.75. The Morgan fingerprint density at radius 1 is 1.05 bits per heavy atom. The van der Waals surface area contributed by atoms with Gasteiger partial charge < -0.3 is 10.4 Å². The molecule has 0 aromatic heterocycles. The molecule has 2 N–H and O–H groups in total. The first-order valence-corrected chi connectivity index (χ1v) is 8.67. The van der Waals surface area contributed by atoms with Crippen molar-refractivity contribution in [3.05, 3.63) is 0 Å². The molecule has 2 nitrogen and oxygen atoms in total. The van der Waals surface area contributed by atoms with Crippen LogP contribution in [0.25, 0.3) is 0 Å². The van der Waals surface area contributed by atoms with Crippen LogP contribution in [0.3, 0.4) is 0 Å². The molecule has 112 valence electrons. The second kappa shape index (κ2) is 8.26. The third-order valence-corrected chi connectivity index (χ3v) is 5.47. The van der Waals surface area contributed by atoms with Crippen LogP contribution in [0.5, 0.6) is 0 Å². The van der Waals surface area contributed by atoms with Gasteiger partial charge in [-0.15, -0.1) is 0 Å². The lowest BCUT2D eigenvalue weighted by atomic mass is 9.69. The first-order chi connectivity index (χ1) is 9.33. The predicted octanol–water partition coefficient (Wildman–Crippen LogP) is 3.73. The predicted molar refractivity (Wildman–Crippen MR) is 81.2 cm³/mol. The molecule has 4 unspecified atom stereocenters. The first kappa shape index (κ1) is 15.3. The molecule has 0 aliphatic heterocycles. The maximum atomic E-state index is 9.13. The van der Waals surface area contributed by atoms with Gasteiger partial charge in [-0.2, -0.15) is 0 Å². The second-order valence-corrected chi connectivity index (χ2v) is 6.89. The van der Waals surface area contributed by atoms with Crippen LogP contribution in [0, 0.1) is 17.8 Å². The Kier molecular flexibility index (Phi) is 6.66. The molecule has 2 fully saturated rings. The van der Waals surface area contributed by atoms with Crippen molar-refractivity contribution in [3.8, 4) is 0 Å². The van der Waals surface area contributed by atoms with E-state index in [-0.39, 0.29) is 0 Å². The Morgan fingerprint density at radius 2 is 1.84 bits per heavy atom. The number of hydrogen-bond acceptors (Lipinski definition) is 2. The number of nitrogens with one attached hydrogen (secondary N) is 1. The summed E-state index contributed by atoms with van der Waals surface area (Å²) < 4.78 is 0. The number of fused-ring (bicyclic) bond motifs is 1. The van der Waals surface area contributed by atoms with E-state index in [2.05, 4.69) is 12.2 Å². The Hall–Kier alpha value is -0.0800. The molecule has 2 heteroatoms. The van der Waals surface area contributed by atoms with Crippen LogP contribution in [0.1, 0.15) is 71.1 Å². The fraction of sp³-hybridized carbons (Fsp3) is 1.00. The van der Waals surface area contributed by atoms with E-state index in [1.807, 2.05) is 0 Å². The maximum absolute atomic E-state index is 9.13. The summed E-state index contributed by atoms with van der Waals surface area (Å²) in [6.45, 7) is 3.72. The van der Waals surface area contributed by atoms with E-state index in [1.165, 1.54) is 57.8 Å². The zero-order valence-corrected chi connectivity index (χ0v) is 12.7. The van der Waals surface area contributed by atoms with Crippen molar-refractivity contribution in [2.24, 2.45) is 17.8 Å². The smallest absolute Gasteiger partial charge is 0.0434 e. The van der Waals surface area contributed by atoms with Crippen LogP contribution in [0.2, 0.25) is 0 Å². The summed E-state index contributed by atoms with van der Waals surface area (Å²) in [5.74, 6) is 2.75. The number of aliphatic hydroxyl groups is 1. The molecule has 19 heavy (non-hydrogen) atoms. The SMILES string of the molecule is CCCC(CCO)CNC1CCC2CCCCC2C1. The Balaban J connectivity index is 1.70. The van der Waals surface area contributed by atoms with Gasteiger partial charge in [0, 0.05) is 12.6 Å². The molecular weight excluding hydrogens is 234 g/mol. The van der Waals surface area contributed by atoms with Gasteiger partial charge in [0.1, 0.15) is 0 Å². The van der Waals surface area contributed by atoms with Gasteiger partial charge in [0.15, 0.2) is 0 Å². The van der Waals surface area contributed by atoms with Crippen LogP contribution in [-0.4, -0.2) is 24.3 Å². The van der Waals surface area contributed by atoms with Gasteiger partial charge >= 0.3 is 0 Å². The number of rotatable bonds is 7. The molecule has 0 bridgehead atoms. The lowest BCUT2D eigenvalue weighted by molar-refractivity contribution is 0.139. The minimum absolute atomic E-state index is 0.349. The average molecular weight is 267 g/mol. The fourth-order valence-electron chi connectivity index (χ4n) is 4.33. The molecule has 0 radical (unpaired) electrons. The Bertz CT molecular complexity index is 237. The third-order valence-electron chi connectivity index (χ3n) is 5.47. The van der Waals surface area contributed by atoms with Gasteiger partial charge in [0.2, 0.25) is 0 Å². The van der Waals surface area contributed by atoms with Gasteiger partial charge in [-0.3, -0.25) is 0 Å². The lowest BCUT2D eigenvalue weighted by Crippen LogP contribution is -2.40. The standard InChI is InChI=1S/C17H33NO/c1-2-5-14(10-11-19)13-18-17-9-8-15-6-3-4-7-16(15)12-17/h14-19H,2-13H2,1H3. The van der Waals surface area contributed by atoms with Crippen molar-refractivity contribution in [3.63, 3.8) is 0 Å². The molecule has 0 aromatic carbocycles. The summed E-state index contributed by atoms with van der Waals surface area (Å²) >= 11 is 0. The van der Waals surface area contributed by atoms with Crippen molar-refractivity contribution >= 4 is 0 Å². The normalized spacial score (nSPS) is 32.8. The fourth-order valence-corrected chi connectivity index (χ4v) is 4.33. The summed E-state index contributed by atoms with van der Waals surface area (Å²) in [5, 5.41) is 12.9. The number of aliphatic hydroxyl groups excluding tert-OH is 1. The van der Waals surface area contributed by atoms with Crippen LogP contribution >= 0.6 is 0 Å². The van der Waals surface area contributed by atoms with Gasteiger partial charge in [0.25, 0.3) is 0 Å². The molecule has 0 amide bonds. The molecule has 2 rings (SSSR count). The zero-order valence-electron chi connectivity index (χ0n) is 12.7. The van der Waals surface area contributed by atoms with Gasteiger partial charge in [-0.1, -0.05) is 39.0 Å². The minimum atomic E-state index is 0.349. The second-order valence-electron chi connectivity index (χ2n) is 6.89. The average Bonchev–Trinajstić information content (AvgIpc) is 2.45. The van der Waals surface area contributed by atoms with Crippen LogP contribution < -0.4 is 5.32 Å². The Morgan fingerprint density at radius 3 is 2.58 bits per heavy atom. The van der Waals surface area contributed by atoms with E-state index in [1.54, 1.807) is 0 Å². The molecule has 0 heterocycles. The molecule has 2 aliphatic rings. The van der Waals surface area contributed by atoms with Crippen molar-refractivity contribution in [1.29, 1.82) is 0 Å². The molecule has 2 aliphatic carbocycles. The molecule has 4 atom stereocenters.